The second kappa shape index (κ2) is 6.64. The summed E-state index contributed by atoms with van der Waals surface area (Å²) in [6, 6.07) is 16.1. The van der Waals surface area contributed by atoms with E-state index in [1.165, 1.54) is 6.07 Å². The first-order valence-electron chi connectivity index (χ1n) is 8.80. The van der Waals surface area contributed by atoms with Gasteiger partial charge in [-0.2, -0.15) is 8.75 Å². The van der Waals surface area contributed by atoms with E-state index in [0.717, 1.165) is 34.2 Å². The van der Waals surface area contributed by atoms with Gasteiger partial charge >= 0.3 is 0 Å². The van der Waals surface area contributed by atoms with Crippen molar-refractivity contribution in [1.29, 1.82) is 0 Å². The molecule has 5 aromatic rings. The Balaban J connectivity index is 1.45. The first kappa shape index (κ1) is 17.8. The number of imidazole rings is 1. The SMILES string of the molecule is Cc1cccn2cc(-c3ccc(NS(=O)(=O)c4cccc5nsnc45)cc3)nc12. The molecule has 0 bridgehead atoms. The Bertz CT molecular complexity index is 1450. The molecule has 3 aromatic heterocycles. The van der Waals surface area contributed by atoms with Crippen molar-refractivity contribution in [2.24, 2.45) is 0 Å². The molecule has 0 spiro atoms. The zero-order valence-corrected chi connectivity index (χ0v) is 16.9. The summed E-state index contributed by atoms with van der Waals surface area (Å²) in [6.45, 7) is 2.02. The first-order valence-corrected chi connectivity index (χ1v) is 11.0. The number of hydrogen-bond donors (Lipinski definition) is 1. The lowest BCUT2D eigenvalue weighted by Crippen LogP contribution is -2.13. The highest BCUT2D eigenvalue weighted by molar-refractivity contribution is 7.93. The van der Waals surface area contributed by atoms with Crippen LogP contribution < -0.4 is 4.72 Å². The molecule has 0 unspecified atom stereocenters. The van der Waals surface area contributed by atoms with Gasteiger partial charge in [-0.3, -0.25) is 4.72 Å². The molecule has 1 N–H and O–H groups in total. The molecule has 29 heavy (non-hydrogen) atoms. The van der Waals surface area contributed by atoms with Gasteiger partial charge < -0.3 is 4.40 Å². The molecule has 5 rings (SSSR count). The molecule has 2 aromatic carbocycles. The summed E-state index contributed by atoms with van der Waals surface area (Å²) in [6.07, 6.45) is 3.91. The molecular formula is C20H15N5O2S2. The number of anilines is 1. The highest BCUT2D eigenvalue weighted by atomic mass is 32.2. The van der Waals surface area contributed by atoms with Crippen LogP contribution in [0.15, 0.2) is 71.9 Å². The van der Waals surface area contributed by atoms with Gasteiger partial charge in [0.1, 0.15) is 21.6 Å². The maximum atomic E-state index is 12.8. The standard InChI is InChI=1S/C20H15N5O2S2/c1-13-4-3-11-25-12-17(21-20(13)25)14-7-9-15(10-8-14)24-29(26,27)18-6-2-5-16-19(18)23-28-22-16/h2-12,24H,1H3. The lowest BCUT2D eigenvalue weighted by molar-refractivity contribution is 0.602. The van der Waals surface area contributed by atoms with Crippen LogP contribution in [-0.2, 0) is 10.0 Å². The molecule has 0 saturated heterocycles. The van der Waals surface area contributed by atoms with Gasteiger partial charge in [0.15, 0.2) is 0 Å². The zero-order chi connectivity index (χ0) is 20.0. The molecule has 0 fully saturated rings. The van der Waals surface area contributed by atoms with E-state index >= 15 is 0 Å². The minimum absolute atomic E-state index is 0.114. The predicted molar refractivity (Wildman–Crippen MR) is 114 cm³/mol. The van der Waals surface area contributed by atoms with Gasteiger partial charge in [0.05, 0.1) is 17.4 Å². The van der Waals surface area contributed by atoms with Crippen LogP contribution in [0.3, 0.4) is 0 Å². The first-order chi connectivity index (χ1) is 14.0. The Hall–Kier alpha value is -3.30. The molecule has 0 aliphatic heterocycles. The molecule has 0 saturated carbocycles. The van der Waals surface area contributed by atoms with Crippen LogP contribution >= 0.6 is 11.7 Å². The largest absolute Gasteiger partial charge is 0.306 e. The van der Waals surface area contributed by atoms with E-state index in [4.69, 9.17) is 0 Å². The van der Waals surface area contributed by atoms with E-state index < -0.39 is 10.0 Å². The third kappa shape index (κ3) is 3.14. The number of nitrogens with zero attached hydrogens (tertiary/aromatic N) is 4. The number of aryl methyl sites for hydroxylation is 1. The van der Waals surface area contributed by atoms with Crippen molar-refractivity contribution < 1.29 is 8.42 Å². The monoisotopic (exact) mass is 421 g/mol. The third-order valence-corrected chi connectivity index (χ3v) is 6.60. The molecule has 0 amide bonds. The fourth-order valence-electron chi connectivity index (χ4n) is 3.21. The number of aromatic nitrogens is 4. The molecule has 0 aliphatic rings. The summed E-state index contributed by atoms with van der Waals surface area (Å²) in [4.78, 5) is 4.79. The molecular weight excluding hydrogens is 406 g/mol. The van der Waals surface area contributed by atoms with Gasteiger partial charge in [-0.05, 0) is 42.8 Å². The van der Waals surface area contributed by atoms with E-state index in [2.05, 4.69) is 18.5 Å². The van der Waals surface area contributed by atoms with Crippen LogP contribution in [0.25, 0.3) is 27.9 Å². The number of fused-ring (bicyclic) bond motifs is 2. The number of benzene rings is 2. The molecule has 0 atom stereocenters. The van der Waals surface area contributed by atoms with E-state index in [1.54, 1.807) is 24.3 Å². The lowest BCUT2D eigenvalue weighted by Gasteiger charge is -2.09. The Morgan fingerprint density at radius 1 is 1.00 bits per heavy atom. The van der Waals surface area contributed by atoms with E-state index in [0.29, 0.717) is 16.7 Å². The summed E-state index contributed by atoms with van der Waals surface area (Å²) in [5.41, 5.74) is 5.13. The quantitative estimate of drug-likeness (QED) is 0.472. The normalized spacial score (nSPS) is 11.9. The van der Waals surface area contributed by atoms with Gasteiger partial charge in [0.25, 0.3) is 10.0 Å². The van der Waals surface area contributed by atoms with Crippen molar-refractivity contribution in [2.75, 3.05) is 4.72 Å². The number of rotatable bonds is 4. The van der Waals surface area contributed by atoms with Crippen LogP contribution in [0, 0.1) is 6.92 Å². The van der Waals surface area contributed by atoms with E-state index in [-0.39, 0.29) is 4.90 Å². The number of hydrogen-bond acceptors (Lipinski definition) is 6. The zero-order valence-electron chi connectivity index (χ0n) is 15.3. The predicted octanol–water partition coefficient (Wildman–Crippen LogP) is 4.12. The van der Waals surface area contributed by atoms with Gasteiger partial charge in [-0.15, -0.1) is 0 Å². The second-order valence-electron chi connectivity index (χ2n) is 6.62. The van der Waals surface area contributed by atoms with E-state index in [1.807, 2.05) is 48.0 Å². The number of nitrogens with one attached hydrogen (secondary N) is 1. The smallest absolute Gasteiger partial charge is 0.264 e. The van der Waals surface area contributed by atoms with E-state index in [9.17, 15) is 8.42 Å². The van der Waals surface area contributed by atoms with Crippen molar-refractivity contribution >= 4 is 44.1 Å². The van der Waals surface area contributed by atoms with Gasteiger partial charge in [-0.25, -0.2) is 13.4 Å². The van der Waals surface area contributed by atoms with Gasteiger partial charge in [0, 0.05) is 23.6 Å². The summed E-state index contributed by atoms with van der Waals surface area (Å²) in [5, 5.41) is 0. The topological polar surface area (TPSA) is 89.2 Å². The highest BCUT2D eigenvalue weighted by Crippen LogP contribution is 2.26. The van der Waals surface area contributed by atoms with Gasteiger partial charge in [0.2, 0.25) is 0 Å². The third-order valence-electron chi connectivity index (χ3n) is 4.65. The Morgan fingerprint density at radius 3 is 2.62 bits per heavy atom. The summed E-state index contributed by atoms with van der Waals surface area (Å²) in [5.74, 6) is 0. The molecule has 7 nitrogen and oxygen atoms in total. The van der Waals surface area contributed by atoms with Crippen LogP contribution in [-0.4, -0.2) is 26.5 Å². The Labute approximate surface area is 171 Å². The average Bonchev–Trinajstić information content (AvgIpc) is 3.35. The van der Waals surface area contributed by atoms with Crippen LogP contribution in [0.2, 0.25) is 0 Å². The summed E-state index contributed by atoms with van der Waals surface area (Å²) < 4.78 is 38.5. The van der Waals surface area contributed by atoms with Crippen LogP contribution in [0.5, 0.6) is 0 Å². The minimum atomic E-state index is -3.78. The Morgan fingerprint density at radius 2 is 1.83 bits per heavy atom. The van der Waals surface area contributed by atoms with Crippen molar-refractivity contribution in [3.63, 3.8) is 0 Å². The van der Waals surface area contributed by atoms with Crippen molar-refractivity contribution in [2.45, 2.75) is 11.8 Å². The molecule has 0 aliphatic carbocycles. The fourth-order valence-corrected chi connectivity index (χ4v) is 5.04. The molecule has 144 valence electrons. The molecule has 3 heterocycles. The van der Waals surface area contributed by atoms with Crippen LogP contribution in [0.4, 0.5) is 5.69 Å². The molecule has 9 heteroatoms. The fraction of sp³-hybridized carbons (Fsp3) is 0.0500. The summed E-state index contributed by atoms with van der Waals surface area (Å²) >= 11 is 0.990. The van der Waals surface area contributed by atoms with Crippen molar-refractivity contribution in [1.82, 2.24) is 18.1 Å². The van der Waals surface area contributed by atoms with Crippen molar-refractivity contribution in [3.8, 4) is 11.3 Å². The maximum Gasteiger partial charge on any atom is 0.264 e. The van der Waals surface area contributed by atoms with Crippen LogP contribution in [0.1, 0.15) is 5.56 Å². The second-order valence-corrected chi connectivity index (χ2v) is 8.80. The molecule has 0 radical (unpaired) electrons. The number of sulfonamides is 1. The minimum Gasteiger partial charge on any atom is -0.306 e. The highest BCUT2D eigenvalue weighted by Gasteiger charge is 2.19. The number of pyridine rings is 1. The van der Waals surface area contributed by atoms with Crippen molar-refractivity contribution in [3.05, 3.63) is 72.6 Å². The Kier molecular flexibility index (Phi) is 4.07. The van der Waals surface area contributed by atoms with Gasteiger partial charge in [-0.1, -0.05) is 24.3 Å². The lowest BCUT2D eigenvalue weighted by atomic mass is 10.1. The maximum absolute atomic E-state index is 12.8. The summed E-state index contributed by atoms with van der Waals surface area (Å²) in [7, 11) is -3.78. The average molecular weight is 422 g/mol.